The molecule has 1 N–H and O–H groups in total. The van der Waals surface area contributed by atoms with E-state index in [1.54, 1.807) is 12.1 Å². The van der Waals surface area contributed by atoms with Crippen LogP contribution >= 0.6 is 0 Å². The van der Waals surface area contributed by atoms with E-state index < -0.39 is 10.0 Å². The average molecular weight is 438 g/mol. The molecule has 8 nitrogen and oxygen atoms in total. The van der Waals surface area contributed by atoms with E-state index in [4.69, 9.17) is 14.2 Å². The van der Waals surface area contributed by atoms with Crippen LogP contribution in [0.4, 0.5) is 4.39 Å². The Hall–Kier alpha value is -2.69. The molecule has 10 heteroatoms. The molecule has 2 aromatic rings. The second kappa shape index (κ2) is 10.4. The number of carbonyl (C=O) groups is 1. The van der Waals surface area contributed by atoms with Gasteiger partial charge in [0.05, 0.1) is 24.7 Å². The molecule has 3 rings (SSSR count). The number of rotatable bonds is 9. The number of carbonyl (C=O) groups excluding carboxylic acids is 1. The Balaban J connectivity index is 1.38. The van der Waals surface area contributed by atoms with Gasteiger partial charge in [-0.05, 0) is 48.5 Å². The Morgan fingerprint density at radius 3 is 2.27 bits per heavy atom. The van der Waals surface area contributed by atoms with Gasteiger partial charge in [-0.1, -0.05) is 0 Å². The molecule has 1 saturated heterocycles. The first-order chi connectivity index (χ1) is 14.4. The normalized spacial score (nSPS) is 14.8. The Kier molecular flexibility index (Phi) is 7.61. The molecule has 1 fully saturated rings. The minimum atomic E-state index is -3.54. The van der Waals surface area contributed by atoms with Gasteiger partial charge in [0.2, 0.25) is 10.0 Å². The van der Waals surface area contributed by atoms with Crippen molar-refractivity contribution in [3.05, 3.63) is 54.3 Å². The number of hydrogen-bond donors (Lipinski definition) is 1. The summed E-state index contributed by atoms with van der Waals surface area (Å²) in [5, 5.41) is 2.64. The standard InChI is InChI=1S/C20H23FN2O6S/c21-16-1-3-18(4-2-16)29-15-20(24)22-9-12-28-17-5-7-19(8-6-17)30(25,26)23-10-13-27-14-11-23/h1-8H,9-15H2,(H,22,24). The number of sulfonamides is 1. The van der Waals surface area contributed by atoms with E-state index in [2.05, 4.69) is 5.32 Å². The fourth-order valence-electron chi connectivity index (χ4n) is 2.73. The van der Waals surface area contributed by atoms with Crippen LogP contribution in [0.15, 0.2) is 53.4 Å². The fraction of sp³-hybridized carbons (Fsp3) is 0.350. The van der Waals surface area contributed by atoms with Gasteiger partial charge in [-0.15, -0.1) is 0 Å². The van der Waals surface area contributed by atoms with Gasteiger partial charge < -0.3 is 19.5 Å². The summed E-state index contributed by atoms with van der Waals surface area (Å²) in [6.45, 7) is 1.72. The van der Waals surface area contributed by atoms with Crippen LogP contribution in [-0.4, -0.2) is 64.7 Å². The molecule has 1 aliphatic heterocycles. The number of halogens is 1. The number of nitrogens with one attached hydrogen (secondary N) is 1. The zero-order valence-corrected chi connectivity index (χ0v) is 17.1. The number of morpholine rings is 1. The predicted octanol–water partition coefficient (Wildman–Crippen LogP) is 1.42. The van der Waals surface area contributed by atoms with Crippen LogP contribution in [0, 0.1) is 5.82 Å². The van der Waals surface area contributed by atoms with Crippen LogP contribution in [0.5, 0.6) is 11.5 Å². The van der Waals surface area contributed by atoms with Gasteiger partial charge in [0.15, 0.2) is 6.61 Å². The smallest absolute Gasteiger partial charge is 0.258 e. The molecule has 1 amide bonds. The highest BCUT2D eigenvalue weighted by Gasteiger charge is 2.26. The maximum Gasteiger partial charge on any atom is 0.258 e. The van der Waals surface area contributed by atoms with Crippen molar-refractivity contribution >= 4 is 15.9 Å². The summed E-state index contributed by atoms with van der Waals surface area (Å²) < 4.78 is 55.3. The lowest BCUT2D eigenvalue weighted by molar-refractivity contribution is -0.123. The van der Waals surface area contributed by atoms with Gasteiger partial charge in [-0.3, -0.25) is 4.79 Å². The van der Waals surface area contributed by atoms with Gasteiger partial charge in [0.1, 0.15) is 23.9 Å². The Morgan fingerprint density at radius 2 is 1.60 bits per heavy atom. The van der Waals surface area contributed by atoms with E-state index in [1.165, 1.54) is 40.7 Å². The average Bonchev–Trinajstić information content (AvgIpc) is 2.77. The molecule has 0 unspecified atom stereocenters. The van der Waals surface area contributed by atoms with E-state index in [-0.39, 0.29) is 36.4 Å². The monoisotopic (exact) mass is 438 g/mol. The van der Waals surface area contributed by atoms with Crippen molar-refractivity contribution in [2.45, 2.75) is 4.90 Å². The third-order valence-electron chi connectivity index (χ3n) is 4.31. The zero-order valence-electron chi connectivity index (χ0n) is 16.3. The number of hydrogen-bond acceptors (Lipinski definition) is 6. The summed E-state index contributed by atoms with van der Waals surface area (Å²) in [5.41, 5.74) is 0. The first-order valence-corrected chi connectivity index (χ1v) is 10.8. The molecular weight excluding hydrogens is 415 g/mol. The summed E-state index contributed by atoms with van der Waals surface area (Å²) in [6.07, 6.45) is 0. The summed E-state index contributed by atoms with van der Waals surface area (Å²) in [7, 11) is -3.54. The van der Waals surface area contributed by atoms with Crippen LogP contribution in [0.1, 0.15) is 0 Å². The van der Waals surface area contributed by atoms with Gasteiger partial charge >= 0.3 is 0 Å². The molecule has 0 atom stereocenters. The SMILES string of the molecule is O=C(COc1ccc(F)cc1)NCCOc1ccc(S(=O)(=O)N2CCOCC2)cc1. The van der Waals surface area contributed by atoms with Gasteiger partial charge in [0, 0.05) is 13.1 Å². The number of benzene rings is 2. The zero-order chi connectivity index (χ0) is 21.4. The van der Waals surface area contributed by atoms with Crippen LogP contribution in [0.2, 0.25) is 0 Å². The highest BCUT2D eigenvalue weighted by molar-refractivity contribution is 7.89. The highest BCUT2D eigenvalue weighted by Crippen LogP contribution is 2.20. The van der Waals surface area contributed by atoms with Crippen LogP contribution in [-0.2, 0) is 19.6 Å². The third kappa shape index (κ3) is 6.15. The molecule has 0 radical (unpaired) electrons. The molecular formula is C20H23FN2O6S. The molecule has 0 spiro atoms. The lowest BCUT2D eigenvalue weighted by Crippen LogP contribution is -2.40. The summed E-state index contributed by atoms with van der Waals surface area (Å²) >= 11 is 0. The first kappa shape index (κ1) is 22.0. The van der Waals surface area contributed by atoms with Crippen molar-refractivity contribution in [3.8, 4) is 11.5 Å². The van der Waals surface area contributed by atoms with E-state index in [9.17, 15) is 17.6 Å². The molecule has 162 valence electrons. The van der Waals surface area contributed by atoms with Crippen molar-refractivity contribution in [1.29, 1.82) is 0 Å². The van der Waals surface area contributed by atoms with Crippen molar-refractivity contribution in [2.24, 2.45) is 0 Å². The van der Waals surface area contributed by atoms with Crippen molar-refractivity contribution in [3.63, 3.8) is 0 Å². The molecule has 0 aliphatic carbocycles. The predicted molar refractivity (Wildman–Crippen MR) is 106 cm³/mol. The van der Waals surface area contributed by atoms with Gasteiger partial charge in [0.25, 0.3) is 5.91 Å². The second-order valence-corrected chi connectivity index (χ2v) is 8.37. The van der Waals surface area contributed by atoms with E-state index in [0.717, 1.165) is 0 Å². The minimum absolute atomic E-state index is 0.195. The van der Waals surface area contributed by atoms with Crippen molar-refractivity contribution in [2.75, 3.05) is 46.1 Å². The van der Waals surface area contributed by atoms with E-state index >= 15 is 0 Å². The Bertz CT molecular complexity index is 929. The maximum atomic E-state index is 12.8. The maximum absolute atomic E-state index is 12.8. The third-order valence-corrected chi connectivity index (χ3v) is 6.22. The molecule has 0 bridgehead atoms. The topological polar surface area (TPSA) is 94.2 Å². The molecule has 2 aromatic carbocycles. The van der Waals surface area contributed by atoms with E-state index in [0.29, 0.717) is 37.8 Å². The summed E-state index contributed by atoms with van der Waals surface area (Å²) in [5.74, 6) is 0.174. The molecule has 0 saturated carbocycles. The van der Waals surface area contributed by atoms with E-state index in [1.807, 2.05) is 0 Å². The molecule has 1 aliphatic rings. The molecule has 0 aromatic heterocycles. The van der Waals surface area contributed by atoms with Crippen molar-refractivity contribution < 1.29 is 31.8 Å². The molecule has 1 heterocycles. The van der Waals surface area contributed by atoms with Gasteiger partial charge in [-0.25, -0.2) is 12.8 Å². The van der Waals surface area contributed by atoms with Gasteiger partial charge in [-0.2, -0.15) is 4.31 Å². The van der Waals surface area contributed by atoms with Crippen LogP contribution in [0.3, 0.4) is 0 Å². The Morgan fingerprint density at radius 1 is 1.00 bits per heavy atom. The number of ether oxygens (including phenoxy) is 3. The lowest BCUT2D eigenvalue weighted by atomic mass is 10.3. The highest BCUT2D eigenvalue weighted by atomic mass is 32.2. The molecule has 30 heavy (non-hydrogen) atoms. The second-order valence-electron chi connectivity index (χ2n) is 6.43. The minimum Gasteiger partial charge on any atom is -0.492 e. The largest absolute Gasteiger partial charge is 0.492 e. The first-order valence-electron chi connectivity index (χ1n) is 9.41. The van der Waals surface area contributed by atoms with Crippen LogP contribution < -0.4 is 14.8 Å². The number of amides is 1. The number of nitrogens with zero attached hydrogens (tertiary/aromatic N) is 1. The Labute approximate surface area is 174 Å². The van der Waals surface area contributed by atoms with Crippen LogP contribution in [0.25, 0.3) is 0 Å². The summed E-state index contributed by atoms with van der Waals surface area (Å²) in [4.78, 5) is 12.0. The quantitative estimate of drug-likeness (QED) is 0.595. The van der Waals surface area contributed by atoms with Crippen molar-refractivity contribution in [1.82, 2.24) is 9.62 Å². The summed E-state index contributed by atoms with van der Waals surface area (Å²) in [6, 6.07) is 11.5. The fourth-order valence-corrected chi connectivity index (χ4v) is 4.14. The lowest BCUT2D eigenvalue weighted by Gasteiger charge is -2.26.